The van der Waals surface area contributed by atoms with Crippen LogP contribution in [0.1, 0.15) is 0 Å². The number of furan rings is 1. The summed E-state index contributed by atoms with van der Waals surface area (Å²) in [5.74, 6) is 0. The van der Waals surface area contributed by atoms with Gasteiger partial charge >= 0.3 is 0 Å². The van der Waals surface area contributed by atoms with Crippen molar-refractivity contribution in [3.8, 4) is 16.8 Å². The summed E-state index contributed by atoms with van der Waals surface area (Å²) >= 11 is 0. The average Bonchev–Trinajstić information content (AvgIpc) is 3.70. The molecule has 0 N–H and O–H groups in total. The second-order valence-corrected chi connectivity index (χ2v) is 12.8. The molecule has 0 unspecified atom stereocenters. The maximum Gasteiger partial charge on any atom is 0.143 e. The lowest BCUT2D eigenvalue weighted by molar-refractivity contribution is 0.670. The van der Waals surface area contributed by atoms with Crippen molar-refractivity contribution in [2.45, 2.75) is 0 Å². The van der Waals surface area contributed by atoms with Crippen LogP contribution < -0.4 is 0 Å². The van der Waals surface area contributed by atoms with E-state index in [0.717, 1.165) is 33.1 Å². The van der Waals surface area contributed by atoms with Crippen molar-refractivity contribution in [1.29, 1.82) is 0 Å². The lowest BCUT2D eigenvalue weighted by Crippen LogP contribution is -1.98. The Balaban J connectivity index is 1.30. The van der Waals surface area contributed by atoms with Gasteiger partial charge in [-0.3, -0.25) is 0 Å². The Bertz CT molecular complexity index is 3120. The van der Waals surface area contributed by atoms with E-state index < -0.39 is 0 Å². The standard InChI is InChI=1S/C46H27NO/c1-2-13-30-28(12-1)27-40-34-16-4-3-14-32(34)33-15-5-6-19-37(33)44(40)45(30)47-41-22-9-7-17-35(41)39-26-29(24-25-42(39)47)31-20-11-21-38-36-18-8-10-23-43(36)48-46(31)38/h1-27H. The molecule has 0 bridgehead atoms. The van der Waals surface area contributed by atoms with Crippen LogP contribution in [-0.2, 0) is 0 Å². The van der Waals surface area contributed by atoms with Gasteiger partial charge in [-0.15, -0.1) is 0 Å². The summed E-state index contributed by atoms with van der Waals surface area (Å²) in [6, 6.07) is 59.6. The zero-order valence-corrected chi connectivity index (χ0v) is 25.9. The zero-order chi connectivity index (χ0) is 31.3. The first-order valence-electron chi connectivity index (χ1n) is 16.5. The minimum absolute atomic E-state index is 0.917. The summed E-state index contributed by atoms with van der Waals surface area (Å²) in [4.78, 5) is 0. The third-order valence-electron chi connectivity index (χ3n) is 10.3. The molecule has 2 heterocycles. The van der Waals surface area contributed by atoms with E-state index in [9.17, 15) is 0 Å². The molecule has 9 aromatic carbocycles. The van der Waals surface area contributed by atoms with Crippen LogP contribution >= 0.6 is 0 Å². The normalized spacial score (nSPS) is 12.2. The largest absolute Gasteiger partial charge is 0.455 e. The number of hydrogen-bond donors (Lipinski definition) is 0. The van der Waals surface area contributed by atoms with Gasteiger partial charge in [-0.05, 0) is 68.2 Å². The van der Waals surface area contributed by atoms with Gasteiger partial charge in [0.2, 0.25) is 0 Å². The highest BCUT2D eigenvalue weighted by atomic mass is 16.3. The fourth-order valence-electron chi connectivity index (χ4n) is 8.29. The number of fused-ring (bicyclic) bond motifs is 13. The predicted molar refractivity (Wildman–Crippen MR) is 204 cm³/mol. The van der Waals surface area contributed by atoms with Gasteiger partial charge in [0.15, 0.2) is 0 Å². The molecule has 2 nitrogen and oxygen atoms in total. The topological polar surface area (TPSA) is 18.1 Å². The van der Waals surface area contributed by atoms with Gasteiger partial charge in [-0.1, -0.05) is 133 Å². The number of aromatic nitrogens is 1. The summed E-state index contributed by atoms with van der Waals surface area (Å²) in [6.07, 6.45) is 0. The molecule has 0 aliphatic heterocycles. The third-order valence-corrected chi connectivity index (χ3v) is 10.3. The molecule has 48 heavy (non-hydrogen) atoms. The second-order valence-electron chi connectivity index (χ2n) is 12.8. The van der Waals surface area contributed by atoms with Crippen molar-refractivity contribution < 1.29 is 4.42 Å². The quantitative estimate of drug-likeness (QED) is 0.141. The lowest BCUT2D eigenvalue weighted by atomic mass is 9.90. The summed E-state index contributed by atoms with van der Waals surface area (Å²) < 4.78 is 9.00. The van der Waals surface area contributed by atoms with Crippen LogP contribution in [0.5, 0.6) is 0 Å². The number of rotatable bonds is 2. The molecule has 0 aliphatic carbocycles. The van der Waals surface area contributed by atoms with Crippen LogP contribution in [0.2, 0.25) is 0 Å². The monoisotopic (exact) mass is 609 g/mol. The fraction of sp³-hybridized carbons (Fsp3) is 0. The maximum atomic E-state index is 6.48. The molecule has 11 aromatic rings. The molecule has 0 amide bonds. The SMILES string of the molecule is c1ccc2c(-n3c4ccccc4c4cc(-c5cccc6c5oc5ccccc56)ccc43)c3c4ccccc4c4ccccc4c3cc2c1. The van der Waals surface area contributed by atoms with Crippen molar-refractivity contribution in [1.82, 2.24) is 4.57 Å². The van der Waals surface area contributed by atoms with Crippen molar-refractivity contribution in [3.05, 3.63) is 164 Å². The smallest absolute Gasteiger partial charge is 0.143 e. The molecule has 2 aromatic heterocycles. The highest BCUT2D eigenvalue weighted by molar-refractivity contribution is 6.31. The van der Waals surface area contributed by atoms with E-state index in [1.807, 2.05) is 6.07 Å². The second kappa shape index (κ2) is 9.57. The van der Waals surface area contributed by atoms with Gasteiger partial charge in [0.05, 0.1) is 16.7 Å². The number of benzene rings is 9. The average molecular weight is 610 g/mol. The molecule has 0 saturated heterocycles. The van der Waals surface area contributed by atoms with E-state index in [-0.39, 0.29) is 0 Å². The molecule has 0 saturated carbocycles. The van der Waals surface area contributed by atoms with Crippen LogP contribution in [-0.4, -0.2) is 4.57 Å². The van der Waals surface area contributed by atoms with Gasteiger partial charge in [-0.25, -0.2) is 0 Å². The van der Waals surface area contributed by atoms with Gasteiger partial charge in [-0.2, -0.15) is 0 Å². The van der Waals surface area contributed by atoms with Crippen molar-refractivity contribution in [2.24, 2.45) is 0 Å². The number of para-hydroxylation sites is 3. The van der Waals surface area contributed by atoms with Gasteiger partial charge in [0.1, 0.15) is 11.2 Å². The highest BCUT2D eigenvalue weighted by Gasteiger charge is 2.21. The maximum absolute atomic E-state index is 6.48. The molecule has 0 radical (unpaired) electrons. The summed E-state index contributed by atoms with van der Waals surface area (Å²) in [6.45, 7) is 0. The lowest BCUT2D eigenvalue weighted by Gasteiger charge is -2.19. The molecule has 0 spiro atoms. The van der Waals surface area contributed by atoms with Crippen molar-refractivity contribution in [2.75, 3.05) is 0 Å². The predicted octanol–water partition coefficient (Wildman–Crippen LogP) is 13.0. The first-order chi connectivity index (χ1) is 23.8. The first-order valence-corrected chi connectivity index (χ1v) is 16.5. The van der Waals surface area contributed by atoms with Crippen LogP contribution in [0.25, 0.3) is 104 Å². The van der Waals surface area contributed by atoms with Crippen molar-refractivity contribution in [3.63, 3.8) is 0 Å². The summed E-state index contributed by atoms with van der Waals surface area (Å²) in [5, 5.41) is 14.9. The number of nitrogens with zero attached hydrogens (tertiary/aromatic N) is 1. The Morgan fingerprint density at radius 3 is 1.81 bits per heavy atom. The van der Waals surface area contributed by atoms with E-state index in [1.165, 1.54) is 70.6 Å². The summed E-state index contributed by atoms with van der Waals surface area (Å²) in [7, 11) is 0. The Morgan fingerprint density at radius 2 is 0.979 bits per heavy atom. The Hall–Kier alpha value is -6.38. The molecule has 222 valence electrons. The van der Waals surface area contributed by atoms with Gasteiger partial charge in [0, 0.05) is 37.9 Å². The van der Waals surface area contributed by atoms with E-state index in [1.54, 1.807) is 0 Å². The Morgan fingerprint density at radius 1 is 0.375 bits per heavy atom. The van der Waals surface area contributed by atoms with Crippen molar-refractivity contribution >= 4 is 86.8 Å². The zero-order valence-electron chi connectivity index (χ0n) is 25.9. The Kier molecular flexibility index (Phi) is 5.14. The van der Waals surface area contributed by atoms with E-state index >= 15 is 0 Å². The molecule has 0 aliphatic rings. The van der Waals surface area contributed by atoms with Crippen LogP contribution in [0.15, 0.2) is 168 Å². The molecular formula is C46H27NO. The van der Waals surface area contributed by atoms with Crippen LogP contribution in [0.3, 0.4) is 0 Å². The molecule has 0 fully saturated rings. The summed E-state index contributed by atoms with van der Waals surface area (Å²) in [5.41, 5.74) is 7.71. The van der Waals surface area contributed by atoms with E-state index in [4.69, 9.17) is 4.42 Å². The van der Waals surface area contributed by atoms with E-state index in [2.05, 4.69) is 162 Å². The molecule has 2 heteroatoms. The molecular weight excluding hydrogens is 583 g/mol. The molecule has 11 rings (SSSR count). The fourth-order valence-corrected chi connectivity index (χ4v) is 8.29. The van der Waals surface area contributed by atoms with Crippen LogP contribution in [0, 0.1) is 0 Å². The minimum Gasteiger partial charge on any atom is -0.455 e. The highest BCUT2D eigenvalue weighted by Crippen LogP contribution is 2.45. The Labute approximate surface area is 275 Å². The third kappa shape index (κ3) is 3.41. The number of hydrogen-bond acceptors (Lipinski definition) is 1. The van der Waals surface area contributed by atoms with Gasteiger partial charge in [0.25, 0.3) is 0 Å². The first kappa shape index (κ1) is 25.8. The van der Waals surface area contributed by atoms with E-state index in [0.29, 0.717) is 0 Å². The van der Waals surface area contributed by atoms with Crippen LogP contribution in [0.4, 0.5) is 0 Å². The van der Waals surface area contributed by atoms with Gasteiger partial charge < -0.3 is 8.98 Å². The molecule has 0 atom stereocenters. The minimum atomic E-state index is 0.917.